The van der Waals surface area contributed by atoms with Crippen LogP contribution in [0.4, 0.5) is 0 Å². The summed E-state index contributed by atoms with van der Waals surface area (Å²) < 4.78 is 31.7. The standard InChI is InChI=1S/C19H20N2O4S/c1-12-9-14(12)11-25-17-4-3-15(26(2,23)24)10-16(17)21-8-6-13-5-7-20-19(22)18(13)21/h3-8,10,12,14H,9,11H2,1-2H3,(H,20,22). The van der Waals surface area contributed by atoms with Gasteiger partial charge < -0.3 is 14.3 Å². The van der Waals surface area contributed by atoms with E-state index in [-0.39, 0.29) is 10.5 Å². The lowest BCUT2D eigenvalue weighted by Crippen LogP contribution is -2.11. The van der Waals surface area contributed by atoms with Gasteiger partial charge in [0, 0.05) is 24.0 Å². The third-order valence-corrected chi connectivity index (χ3v) is 6.07. The third-order valence-electron chi connectivity index (χ3n) is 4.96. The van der Waals surface area contributed by atoms with E-state index in [1.54, 1.807) is 41.2 Å². The second-order valence-corrected chi connectivity index (χ2v) is 9.00. The average molecular weight is 372 g/mol. The molecule has 2 atom stereocenters. The summed E-state index contributed by atoms with van der Waals surface area (Å²) >= 11 is 0. The third kappa shape index (κ3) is 3.03. The summed E-state index contributed by atoms with van der Waals surface area (Å²) in [6.07, 6.45) is 5.66. The smallest absolute Gasteiger partial charge is 0.272 e. The van der Waals surface area contributed by atoms with E-state index < -0.39 is 9.84 Å². The van der Waals surface area contributed by atoms with Crippen LogP contribution in [0.3, 0.4) is 0 Å². The Balaban J connectivity index is 1.86. The molecule has 2 aromatic heterocycles. The van der Waals surface area contributed by atoms with E-state index >= 15 is 0 Å². The normalized spacial score (nSPS) is 19.6. The molecule has 2 heterocycles. The molecule has 0 saturated heterocycles. The maximum absolute atomic E-state index is 12.3. The highest BCUT2D eigenvalue weighted by Crippen LogP contribution is 2.39. The van der Waals surface area contributed by atoms with Crippen molar-refractivity contribution in [2.45, 2.75) is 18.2 Å². The van der Waals surface area contributed by atoms with Crippen LogP contribution in [0.2, 0.25) is 0 Å². The van der Waals surface area contributed by atoms with Crippen molar-refractivity contribution in [3.05, 3.63) is 53.1 Å². The Hall–Kier alpha value is -2.54. The first-order chi connectivity index (χ1) is 12.3. The topological polar surface area (TPSA) is 81.2 Å². The molecule has 1 saturated carbocycles. The van der Waals surface area contributed by atoms with Crippen molar-refractivity contribution in [1.82, 2.24) is 9.55 Å². The van der Waals surface area contributed by atoms with E-state index in [1.165, 1.54) is 6.26 Å². The van der Waals surface area contributed by atoms with Crippen LogP contribution in [0.25, 0.3) is 16.6 Å². The highest BCUT2D eigenvalue weighted by atomic mass is 32.2. The number of ether oxygens (including phenoxy) is 1. The number of nitrogens with one attached hydrogen (secondary N) is 1. The molecule has 26 heavy (non-hydrogen) atoms. The van der Waals surface area contributed by atoms with E-state index in [2.05, 4.69) is 11.9 Å². The van der Waals surface area contributed by atoms with Gasteiger partial charge in [-0.1, -0.05) is 6.92 Å². The molecule has 6 nitrogen and oxygen atoms in total. The Morgan fingerprint density at radius 2 is 2.04 bits per heavy atom. The quantitative estimate of drug-likeness (QED) is 0.747. The van der Waals surface area contributed by atoms with E-state index in [0.717, 1.165) is 11.8 Å². The van der Waals surface area contributed by atoms with E-state index in [9.17, 15) is 13.2 Å². The molecule has 1 N–H and O–H groups in total. The second-order valence-electron chi connectivity index (χ2n) is 6.98. The number of sulfone groups is 1. The maximum Gasteiger partial charge on any atom is 0.272 e. The van der Waals surface area contributed by atoms with Crippen LogP contribution in [-0.4, -0.2) is 30.8 Å². The zero-order valence-electron chi connectivity index (χ0n) is 14.6. The van der Waals surface area contributed by atoms with E-state index in [0.29, 0.717) is 35.4 Å². The summed E-state index contributed by atoms with van der Waals surface area (Å²) in [6.45, 7) is 2.77. The second kappa shape index (κ2) is 6.02. The van der Waals surface area contributed by atoms with Crippen molar-refractivity contribution < 1.29 is 13.2 Å². The van der Waals surface area contributed by atoms with Crippen molar-refractivity contribution >= 4 is 20.7 Å². The zero-order chi connectivity index (χ0) is 18.5. The Bertz CT molecular complexity index is 1140. The number of rotatable bonds is 5. The number of hydrogen-bond acceptors (Lipinski definition) is 4. The number of H-pyrrole nitrogens is 1. The molecule has 0 spiro atoms. The molecule has 2 unspecified atom stereocenters. The van der Waals surface area contributed by atoms with Gasteiger partial charge in [-0.15, -0.1) is 0 Å². The van der Waals surface area contributed by atoms with Crippen LogP contribution in [0.1, 0.15) is 13.3 Å². The molecule has 0 aliphatic heterocycles. The number of fused-ring (bicyclic) bond motifs is 1. The summed E-state index contributed by atoms with van der Waals surface area (Å²) in [5.41, 5.74) is 0.773. The summed E-state index contributed by atoms with van der Waals surface area (Å²) in [5.74, 6) is 1.75. The first kappa shape index (κ1) is 16.9. The molecule has 0 amide bonds. The lowest BCUT2D eigenvalue weighted by Gasteiger charge is -2.14. The Morgan fingerprint density at radius 1 is 1.27 bits per heavy atom. The average Bonchev–Trinajstić information content (AvgIpc) is 3.12. The predicted octanol–water partition coefficient (Wildman–Crippen LogP) is 2.76. The summed E-state index contributed by atoms with van der Waals surface area (Å²) in [6, 6.07) is 8.40. The number of aromatic amines is 1. The molecule has 0 radical (unpaired) electrons. The van der Waals surface area contributed by atoms with Gasteiger partial charge in [0.25, 0.3) is 5.56 Å². The Labute approximate surface area is 151 Å². The molecule has 7 heteroatoms. The molecule has 1 aromatic carbocycles. The Kier molecular flexibility index (Phi) is 3.91. The number of hydrogen-bond donors (Lipinski definition) is 1. The van der Waals surface area contributed by atoms with Crippen molar-refractivity contribution in [1.29, 1.82) is 0 Å². The molecule has 0 bridgehead atoms. The first-order valence-electron chi connectivity index (χ1n) is 8.50. The fraction of sp³-hybridized carbons (Fsp3) is 0.316. The largest absolute Gasteiger partial charge is 0.491 e. The van der Waals surface area contributed by atoms with Crippen molar-refractivity contribution in [2.24, 2.45) is 11.8 Å². The van der Waals surface area contributed by atoms with Gasteiger partial charge in [-0.2, -0.15) is 0 Å². The first-order valence-corrected chi connectivity index (χ1v) is 10.4. The summed E-state index contributed by atoms with van der Waals surface area (Å²) in [5, 5.41) is 0.778. The highest BCUT2D eigenvalue weighted by Gasteiger charge is 2.33. The van der Waals surface area contributed by atoms with Crippen molar-refractivity contribution in [3.63, 3.8) is 0 Å². The number of nitrogens with zero attached hydrogens (tertiary/aromatic N) is 1. The van der Waals surface area contributed by atoms with Gasteiger partial charge in [0.1, 0.15) is 11.3 Å². The fourth-order valence-corrected chi connectivity index (χ4v) is 3.81. The lowest BCUT2D eigenvalue weighted by molar-refractivity contribution is 0.292. The van der Waals surface area contributed by atoms with Crippen LogP contribution < -0.4 is 10.3 Å². The minimum atomic E-state index is -3.38. The van der Waals surface area contributed by atoms with Crippen molar-refractivity contribution in [3.8, 4) is 11.4 Å². The molecule has 1 fully saturated rings. The molecular weight excluding hydrogens is 352 g/mol. The van der Waals surface area contributed by atoms with Crippen molar-refractivity contribution in [2.75, 3.05) is 12.9 Å². The van der Waals surface area contributed by atoms with E-state index in [1.807, 2.05) is 6.07 Å². The van der Waals surface area contributed by atoms with Crippen LogP contribution >= 0.6 is 0 Å². The van der Waals surface area contributed by atoms with Gasteiger partial charge in [0.05, 0.1) is 17.2 Å². The molecule has 1 aliphatic rings. The Morgan fingerprint density at radius 3 is 2.73 bits per heavy atom. The van der Waals surface area contributed by atoms with Crippen LogP contribution in [0, 0.1) is 11.8 Å². The minimum absolute atomic E-state index is 0.189. The summed E-state index contributed by atoms with van der Waals surface area (Å²) in [4.78, 5) is 15.2. The van der Waals surface area contributed by atoms with Crippen LogP contribution in [-0.2, 0) is 9.84 Å². The maximum atomic E-state index is 12.3. The number of aromatic nitrogens is 2. The van der Waals surface area contributed by atoms with Gasteiger partial charge in [-0.25, -0.2) is 8.42 Å². The molecule has 1 aliphatic carbocycles. The number of pyridine rings is 1. The van der Waals surface area contributed by atoms with Crippen LogP contribution in [0.5, 0.6) is 5.75 Å². The molecule has 136 valence electrons. The fourth-order valence-electron chi connectivity index (χ4n) is 3.16. The summed E-state index contributed by atoms with van der Waals surface area (Å²) in [7, 11) is -3.38. The van der Waals surface area contributed by atoms with E-state index in [4.69, 9.17) is 4.74 Å². The van der Waals surface area contributed by atoms with Gasteiger partial charge in [0.15, 0.2) is 9.84 Å². The lowest BCUT2D eigenvalue weighted by atomic mass is 10.2. The predicted molar refractivity (Wildman–Crippen MR) is 99.8 cm³/mol. The van der Waals surface area contributed by atoms with Crippen LogP contribution in [0.15, 0.2) is 52.4 Å². The minimum Gasteiger partial charge on any atom is -0.491 e. The SMILES string of the molecule is CC1CC1COc1ccc(S(C)(=O)=O)cc1-n1ccc2cc[nH]c(=O)c21. The monoisotopic (exact) mass is 372 g/mol. The molecular formula is C19H20N2O4S. The number of benzene rings is 1. The van der Waals surface area contributed by atoms with Gasteiger partial charge in [-0.3, -0.25) is 4.79 Å². The highest BCUT2D eigenvalue weighted by molar-refractivity contribution is 7.90. The van der Waals surface area contributed by atoms with Gasteiger partial charge >= 0.3 is 0 Å². The van der Waals surface area contributed by atoms with Gasteiger partial charge in [-0.05, 0) is 48.6 Å². The molecule has 3 aromatic rings. The molecule has 4 rings (SSSR count). The zero-order valence-corrected chi connectivity index (χ0v) is 15.4. The van der Waals surface area contributed by atoms with Gasteiger partial charge in [0.2, 0.25) is 0 Å².